The normalized spacial score (nSPS) is 11.0. The lowest BCUT2D eigenvalue weighted by molar-refractivity contribution is -0.137. The maximum Gasteiger partial charge on any atom is 0.418 e. The number of alkyl halides is 3. The SMILES string of the molecule is CC(=O)Nc1ccc(NCC(=O)N(C)C)c(C(F)(F)F)c1. The first kappa shape index (κ1) is 16.8. The number of rotatable bonds is 4. The summed E-state index contributed by atoms with van der Waals surface area (Å²) >= 11 is 0. The Morgan fingerprint density at radius 1 is 1.24 bits per heavy atom. The zero-order chi connectivity index (χ0) is 16.2. The second-order valence-corrected chi connectivity index (χ2v) is 4.58. The van der Waals surface area contributed by atoms with Gasteiger partial charge >= 0.3 is 6.18 Å². The van der Waals surface area contributed by atoms with Gasteiger partial charge in [0.15, 0.2) is 0 Å². The van der Waals surface area contributed by atoms with Crippen LogP contribution in [0.15, 0.2) is 18.2 Å². The van der Waals surface area contributed by atoms with Crippen molar-refractivity contribution in [1.29, 1.82) is 0 Å². The first-order chi connectivity index (χ1) is 9.61. The van der Waals surface area contributed by atoms with Crippen molar-refractivity contribution in [2.24, 2.45) is 0 Å². The van der Waals surface area contributed by atoms with E-state index in [1.165, 1.54) is 38.1 Å². The molecule has 116 valence electrons. The molecule has 0 spiro atoms. The minimum absolute atomic E-state index is 0.0410. The van der Waals surface area contributed by atoms with Crippen molar-refractivity contribution in [3.05, 3.63) is 23.8 Å². The fourth-order valence-electron chi connectivity index (χ4n) is 1.54. The highest BCUT2D eigenvalue weighted by atomic mass is 19.4. The molecule has 0 unspecified atom stereocenters. The molecule has 0 saturated carbocycles. The van der Waals surface area contributed by atoms with E-state index in [2.05, 4.69) is 10.6 Å². The zero-order valence-corrected chi connectivity index (χ0v) is 11.8. The number of carbonyl (C=O) groups is 2. The predicted octanol–water partition coefficient (Wildman–Crippen LogP) is 2.16. The van der Waals surface area contributed by atoms with E-state index in [9.17, 15) is 22.8 Å². The van der Waals surface area contributed by atoms with Crippen LogP contribution in [-0.4, -0.2) is 37.4 Å². The number of carbonyl (C=O) groups excluding carboxylic acids is 2. The molecule has 0 aliphatic carbocycles. The molecule has 1 aromatic carbocycles. The molecule has 0 aromatic heterocycles. The summed E-state index contributed by atoms with van der Waals surface area (Å²) < 4.78 is 39.0. The molecule has 0 atom stereocenters. The van der Waals surface area contributed by atoms with E-state index in [4.69, 9.17) is 0 Å². The number of hydrogen-bond acceptors (Lipinski definition) is 3. The number of nitrogens with one attached hydrogen (secondary N) is 2. The molecule has 8 heteroatoms. The molecule has 1 aromatic rings. The summed E-state index contributed by atoms with van der Waals surface area (Å²) in [6.07, 6.45) is -4.60. The molecular formula is C13H16F3N3O2. The fraction of sp³-hybridized carbons (Fsp3) is 0.385. The Morgan fingerprint density at radius 2 is 1.86 bits per heavy atom. The predicted molar refractivity (Wildman–Crippen MR) is 72.9 cm³/mol. The summed E-state index contributed by atoms with van der Waals surface area (Å²) in [6.45, 7) is 0.949. The first-order valence-corrected chi connectivity index (χ1v) is 6.04. The second kappa shape index (κ2) is 6.47. The number of anilines is 2. The highest BCUT2D eigenvalue weighted by Gasteiger charge is 2.34. The summed E-state index contributed by atoms with van der Waals surface area (Å²) in [5.74, 6) is -0.819. The van der Waals surface area contributed by atoms with Gasteiger partial charge in [-0.3, -0.25) is 9.59 Å². The maximum absolute atomic E-state index is 13.0. The quantitative estimate of drug-likeness (QED) is 0.896. The third kappa shape index (κ3) is 4.97. The molecule has 21 heavy (non-hydrogen) atoms. The summed E-state index contributed by atoms with van der Waals surface area (Å²) in [6, 6.07) is 3.33. The summed E-state index contributed by atoms with van der Waals surface area (Å²) in [5.41, 5.74) is -1.12. The van der Waals surface area contributed by atoms with Gasteiger partial charge in [-0.05, 0) is 18.2 Å². The standard InChI is InChI=1S/C13H16F3N3O2/c1-8(20)18-9-4-5-11(10(6-9)13(14,15)16)17-7-12(21)19(2)3/h4-6,17H,7H2,1-3H3,(H,18,20). The number of amides is 2. The lowest BCUT2D eigenvalue weighted by atomic mass is 10.1. The molecule has 2 amide bonds. The highest BCUT2D eigenvalue weighted by Crippen LogP contribution is 2.36. The van der Waals surface area contributed by atoms with Crippen LogP contribution >= 0.6 is 0 Å². The van der Waals surface area contributed by atoms with Crippen molar-refractivity contribution in [3.8, 4) is 0 Å². The van der Waals surface area contributed by atoms with Gasteiger partial charge < -0.3 is 15.5 Å². The number of likely N-dealkylation sites (N-methyl/N-ethyl adjacent to an activating group) is 1. The molecule has 0 bridgehead atoms. The highest BCUT2D eigenvalue weighted by molar-refractivity contribution is 5.89. The molecule has 0 fully saturated rings. The minimum atomic E-state index is -4.60. The Bertz CT molecular complexity index is 542. The Balaban J connectivity index is 3.02. The van der Waals surface area contributed by atoms with Gasteiger partial charge in [0.2, 0.25) is 11.8 Å². The average molecular weight is 303 g/mol. The first-order valence-electron chi connectivity index (χ1n) is 6.04. The average Bonchev–Trinajstić information content (AvgIpc) is 2.34. The Labute approximate surface area is 120 Å². The van der Waals surface area contributed by atoms with Gasteiger partial charge in [0.1, 0.15) is 0 Å². The topological polar surface area (TPSA) is 61.4 Å². The van der Waals surface area contributed by atoms with Gasteiger partial charge in [-0.1, -0.05) is 0 Å². The van der Waals surface area contributed by atoms with Crippen molar-refractivity contribution in [3.63, 3.8) is 0 Å². The smallest absolute Gasteiger partial charge is 0.376 e. The van der Waals surface area contributed by atoms with Gasteiger partial charge in [-0.15, -0.1) is 0 Å². The van der Waals surface area contributed by atoms with Crippen LogP contribution in [0.1, 0.15) is 12.5 Å². The summed E-state index contributed by atoms with van der Waals surface area (Å²) in [4.78, 5) is 23.6. The van der Waals surface area contributed by atoms with Crippen molar-refractivity contribution >= 4 is 23.2 Å². The van der Waals surface area contributed by atoms with Crippen LogP contribution in [-0.2, 0) is 15.8 Å². The molecule has 0 radical (unpaired) electrons. The minimum Gasteiger partial charge on any atom is -0.376 e. The Hall–Kier alpha value is -2.25. The van der Waals surface area contributed by atoms with Gasteiger partial charge in [0.05, 0.1) is 12.1 Å². The van der Waals surface area contributed by atoms with E-state index in [-0.39, 0.29) is 23.8 Å². The van der Waals surface area contributed by atoms with Crippen LogP contribution in [0.25, 0.3) is 0 Å². The molecular weight excluding hydrogens is 287 g/mol. The van der Waals surface area contributed by atoms with Crippen LogP contribution in [0.3, 0.4) is 0 Å². The van der Waals surface area contributed by atoms with Gasteiger partial charge in [-0.2, -0.15) is 13.2 Å². The number of nitrogens with zero attached hydrogens (tertiary/aromatic N) is 1. The van der Waals surface area contributed by atoms with Crippen molar-refractivity contribution in [1.82, 2.24) is 4.90 Å². The van der Waals surface area contributed by atoms with E-state index in [0.29, 0.717) is 0 Å². The van der Waals surface area contributed by atoms with E-state index < -0.39 is 17.6 Å². The van der Waals surface area contributed by atoms with E-state index in [1.807, 2.05) is 0 Å². The third-order valence-electron chi connectivity index (χ3n) is 2.57. The van der Waals surface area contributed by atoms with Gasteiger partial charge in [-0.25, -0.2) is 0 Å². The molecule has 0 saturated heterocycles. The summed E-state index contributed by atoms with van der Waals surface area (Å²) in [7, 11) is 3.02. The zero-order valence-electron chi connectivity index (χ0n) is 11.8. The molecule has 5 nitrogen and oxygen atoms in total. The fourth-order valence-corrected chi connectivity index (χ4v) is 1.54. The third-order valence-corrected chi connectivity index (χ3v) is 2.57. The van der Waals surface area contributed by atoms with Crippen LogP contribution in [0, 0.1) is 0 Å². The van der Waals surface area contributed by atoms with Crippen LogP contribution < -0.4 is 10.6 Å². The lowest BCUT2D eigenvalue weighted by Gasteiger charge is -2.17. The molecule has 0 heterocycles. The summed E-state index contributed by atoms with van der Waals surface area (Å²) in [5, 5.41) is 4.74. The molecule has 1 rings (SSSR count). The largest absolute Gasteiger partial charge is 0.418 e. The van der Waals surface area contributed by atoms with Crippen LogP contribution in [0.2, 0.25) is 0 Å². The van der Waals surface area contributed by atoms with Crippen LogP contribution in [0.4, 0.5) is 24.5 Å². The number of halogens is 3. The molecule has 2 N–H and O–H groups in total. The maximum atomic E-state index is 13.0. The Kier molecular flexibility index (Phi) is 5.17. The van der Waals surface area contributed by atoms with E-state index >= 15 is 0 Å². The van der Waals surface area contributed by atoms with Crippen molar-refractivity contribution in [2.75, 3.05) is 31.3 Å². The monoisotopic (exact) mass is 303 g/mol. The van der Waals surface area contributed by atoms with Crippen LogP contribution in [0.5, 0.6) is 0 Å². The molecule has 0 aliphatic rings. The number of hydrogen-bond donors (Lipinski definition) is 2. The van der Waals surface area contributed by atoms with E-state index in [1.54, 1.807) is 0 Å². The number of benzene rings is 1. The van der Waals surface area contributed by atoms with Crippen molar-refractivity contribution in [2.45, 2.75) is 13.1 Å². The van der Waals surface area contributed by atoms with Gasteiger partial charge in [0, 0.05) is 32.4 Å². The van der Waals surface area contributed by atoms with Crippen molar-refractivity contribution < 1.29 is 22.8 Å². The van der Waals surface area contributed by atoms with E-state index in [0.717, 1.165) is 6.07 Å². The second-order valence-electron chi connectivity index (χ2n) is 4.58. The Morgan fingerprint density at radius 3 is 2.33 bits per heavy atom. The molecule has 0 aliphatic heterocycles. The lowest BCUT2D eigenvalue weighted by Crippen LogP contribution is -2.29. The van der Waals surface area contributed by atoms with Gasteiger partial charge in [0.25, 0.3) is 0 Å².